The number of benzene rings is 1. The van der Waals surface area contributed by atoms with Gasteiger partial charge in [0.05, 0.1) is 22.1 Å². The first-order chi connectivity index (χ1) is 11.3. The molecule has 2 heterocycles. The molecule has 0 aliphatic heterocycles. The first-order valence-electron chi connectivity index (χ1n) is 7.95. The predicted molar refractivity (Wildman–Crippen MR) is 97.4 cm³/mol. The predicted octanol–water partition coefficient (Wildman–Crippen LogP) is 4.56. The Morgan fingerprint density at radius 1 is 1.17 bits per heavy atom. The molecule has 0 radical (unpaired) electrons. The van der Waals surface area contributed by atoms with E-state index >= 15 is 0 Å². The van der Waals surface area contributed by atoms with E-state index in [4.69, 9.17) is 5.10 Å². The Morgan fingerprint density at radius 3 is 2.83 bits per heavy atom. The van der Waals surface area contributed by atoms with E-state index in [1.165, 1.54) is 41.2 Å². The molecule has 1 aromatic carbocycles. The molecule has 3 nitrogen and oxygen atoms in total. The maximum absolute atomic E-state index is 4.92. The number of para-hydroxylation sites is 1. The van der Waals surface area contributed by atoms with Crippen molar-refractivity contribution in [3.05, 3.63) is 63.4 Å². The van der Waals surface area contributed by atoms with E-state index in [1.807, 2.05) is 11.8 Å². The smallest absolute Gasteiger partial charge is 0.0897 e. The van der Waals surface area contributed by atoms with Crippen molar-refractivity contribution in [3.63, 3.8) is 0 Å². The van der Waals surface area contributed by atoms with Gasteiger partial charge in [0.25, 0.3) is 0 Å². The molecular formula is C18H19N3S2. The highest BCUT2D eigenvalue weighted by Crippen LogP contribution is 2.30. The van der Waals surface area contributed by atoms with Gasteiger partial charge in [-0.25, -0.2) is 9.67 Å². The molecule has 0 saturated carbocycles. The number of hydrogen-bond acceptors (Lipinski definition) is 4. The van der Waals surface area contributed by atoms with E-state index in [0.29, 0.717) is 0 Å². The Morgan fingerprint density at radius 2 is 2.04 bits per heavy atom. The molecule has 23 heavy (non-hydrogen) atoms. The fraction of sp³-hybridized carbons (Fsp3) is 0.333. The van der Waals surface area contributed by atoms with Crippen molar-refractivity contribution in [2.75, 3.05) is 0 Å². The third-order valence-corrected chi connectivity index (χ3v) is 5.97. The van der Waals surface area contributed by atoms with Gasteiger partial charge in [0.15, 0.2) is 0 Å². The number of nitrogens with zero attached hydrogens (tertiary/aromatic N) is 3. The number of hydrogen-bond donors (Lipinski definition) is 0. The molecule has 0 N–H and O–H groups in total. The van der Waals surface area contributed by atoms with E-state index in [9.17, 15) is 0 Å². The third kappa shape index (κ3) is 3.08. The summed E-state index contributed by atoms with van der Waals surface area (Å²) in [4.78, 5) is 4.54. The van der Waals surface area contributed by atoms with E-state index < -0.39 is 0 Å². The van der Waals surface area contributed by atoms with Crippen LogP contribution in [0.3, 0.4) is 0 Å². The molecule has 118 valence electrons. The van der Waals surface area contributed by atoms with E-state index in [-0.39, 0.29) is 0 Å². The van der Waals surface area contributed by atoms with Gasteiger partial charge in [-0.15, -0.1) is 23.1 Å². The van der Waals surface area contributed by atoms with Crippen LogP contribution in [0.5, 0.6) is 0 Å². The van der Waals surface area contributed by atoms with E-state index in [0.717, 1.165) is 22.9 Å². The lowest BCUT2D eigenvalue weighted by atomic mass is 10.2. The number of aromatic nitrogens is 3. The van der Waals surface area contributed by atoms with Gasteiger partial charge in [-0.2, -0.15) is 5.10 Å². The molecule has 3 aromatic rings. The van der Waals surface area contributed by atoms with Gasteiger partial charge in [-0.3, -0.25) is 0 Å². The number of aryl methyl sites for hydroxylation is 1. The summed E-state index contributed by atoms with van der Waals surface area (Å²) < 4.78 is 2.16. The SMILES string of the molecule is Cc1nc(CSCc2nn(-c3ccccc3)c3c2CCC3)cs1. The second-order valence-corrected chi connectivity index (χ2v) is 7.87. The molecule has 4 rings (SSSR count). The highest BCUT2D eigenvalue weighted by Gasteiger charge is 2.22. The van der Waals surface area contributed by atoms with Crippen molar-refractivity contribution in [2.24, 2.45) is 0 Å². The molecule has 0 spiro atoms. The van der Waals surface area contributed by atoms with Crippen LogP contribution in [-0.4, -0.2) is 14.8 Å². The van der Waals surface area contributed by atoms with Gasteiger partial charge < -0.3 is 0 Å². The van der Waals surface area contributed by atoms with Crippen molar-refractivity contribution in [2.45, 2.75) is 37.7 Å². The third-order valence-electron chi connectivity index (χ3n) is 4.17. The van der Waals surface area contributed by atoms with Gasteiger partial charge in [-0.1, -0.05) is 18.2 Å². The van der Waals surface area contributed by atoms with Crippen LogP contribution in [0, 0.1) is 6.92 Å². The topological polar surface area (TPSA) is 30.7 Å². The Hall–Kier alpha value is -1.59. The monoisotopic (exact) mass is 341 g/mol. The largest absolute Gasteiger partial charge is 0.246 e. The molecule has 1 aliphatic rings. The maximum Gasteiger partial charge on any atom is 0.0897 e. The summed E-state index contributed by atoms with van der Waals surface area (Å²) in [6, 6.07) is 10.5. The molecule has 1 aliphatic carbocycles. The van der Waals surface area contributed by atoms with Crippen LogP contribution in [0.4, 0.5) is 0 Å². The molecule has 0 atom stereocenters. The highest BCUT2D eigenvalue weighted by molar-refractivity contribution is 7.97. The van der Waals surface area contributed by atoms with E-state index in [1.54, 1.807) is 11.3 Å². The lowest BCUT2D eigenvalue weighted by Crippen LogP contribution is -2.01. The molecule has 0 bridgehead atoms. The standard InChI is InChI=1S/C18H19N3S2/c1-13-19-14(11-23-13)10-22-12-17-16-8-5-9-18(16)21(20-17)15-6-3-2-4-7-15/h2-4,6-7,11H,5,8-10,12H2,1H3. The minimum atomic E-state index is 0.970. The van der Waals surface area contributed by atoms with Crippen LogP contribution in [0.15, 0.2) is 35.7 Å². The summed E-state index contributed by atoms with van der Waals surface area (Å²) in [7, 11) is 0. The van der Waals surface area contributed by atoms with Gasteiger partial charge in [0, 0.05) is 22.6 Å². The Labute approximate surface area is 144 Å². The zero-order valence-electron chi connectivity index (χ0n) is 13.2. The molecular weight excluding hydrogens is 322 g/mol. The summed E-state index contributed by atoms with van der Waals surface area (Å²) in [5.41, 5.74) is 6.53. The van der Waals surface area contributed by atoms with Crippen LogP contribution in [0.2, 0.25) is 0 Å². The summed E-state index contributed by atoms with van der Waals surface area (Å²) in [5.74, 6) is 1.94. The second kappa shape index (κ2) is 6.49. The molecule has 5 heteroatoms. The lowest BCUT2D eigenvalue weighted by molar-refractivity contribution is 0.771. The Kier molecular flexibility index (Phi) is 4.23. The van der Waals surface area contributed by atoms with E-state index in [2.05, 4.69) is 52.3 Å². The van der Waals surface area contributed by atoms with Crippen LogP contribution in [0.25, 0.3) is 5.69 Å². The number of thioether (sulfide) groups is 1. The van der Waals surface area contributed by atoms with Gasteiger partial charge >= 0.3 is 0 Å². The summed E-state index contributed by atoms with van der Waals surface area (Å²) in [6.45, 7) is 2.06. The number of rotatable bonds is 5. The summed E-state index contributed by atoms with van der Waals surface area (Å²) >= 11 is 3.64. The van der Waals surface area contributed by atoms with Crippen molar-refractivity contribution in [1.82, 2.24) is 14.8 Å². The highest BCUT2D eigenvalue weighted by atomic mass is 32.2. The Balaban J connectivity index is 1.53. The van der Waals surface area contributed by atoms with Crippen molar-refractivity contribution < 1.29 is 0 Å². The molecule has 0 amide bonds. The minimum Gasteiger partial charge on any atom is -0.246 e. The van der Waals surface area contributed by atoms with Gasteiger partial charge in [0.2, 0.25) is 0 Å². The van der Waals surface area contributed by atoms with Crippen molar-refractivity contribution in [1.29, 1.82) is 0 Å². The zero-order valence-corrected chi connectivity index (χ0v) is 14.8. The number of fused-ring (bicyclic) bond motifs is 1. The van der Waals surface area contributed by atoms with Crippen LogP contribution in [0.1, 0.15) is 34.1 Å². The average Bonchev–Trinajstić information content (AvgIpc) is 3.26. The van der Waals surface area contributed by atoms with Crippen LogP contribution < -0.4 is 0 Å². The Bertz CT molecular complexity index is 805. The quantitative estimate of drug-likeness (QED) is 0.681. The average molecular weight is 342 g/mol. The summed E-state index contributed by atoms with van der Waals surface area (Å²) in [5, 5.41) is 8.23. The van der Waals surface area contributed by atoms with Crippen LogP contribution >= 0.6 is 23.1 Å². The molecule has 0 unspecified atom stereocenters. The van der Waals surface area contributed by atoms with Crippen LogP contribution in [-0.2, 0) is 24.3 Å². The molecule has 0 fully saturated rings. The van der Waals surface area contributed by atoms with Crippen molar-refractivity contribution in [3.8, 4) is 5.69 Å². The minimum absolute atomic E-state index is 0.970. The fourth-order valence-electron chi connectivity index (χ4n) is 3.14. The second-order valence-electron chi connectivity index (χ2n) is 5.82. The number of thiazole rings is 1. The summed E-state index contributed by atoms with van der Waals surface area (Å²) in [6.07, 6.45) is 3.57. The molecule has 2 aromatic heterocycles. The molecule has 0 saturated heterocycles. The fourth-order valence-corrected chi connectivity index (χ4v) is 4.74. The van der Waals surface area contributed by atoms with Gasteiger partial charge in [-0.05, 0) is 43.9 Å². The normalized spacial score (nSPS) is 13.4. The zero-order chi connectivity index (χ0) is 15.6. The first-order valence-corrected chi connectivity index (χ1v) is 9.98. The lowest BCUT2D eigenvalue weighted by Gasteiger charge is -2.04. The maximum atomic E-state index is 4.92. The first kappa shape index (κ1) is 15.0. The van der Waals surface area contributed by atoms with Crippen molar-refractivity contribution >= 4 is 23.1 Å². The van der Waals surface area contributed by atoms with Gasteiger partial charge in [0.1, 0.15) is 0 Å².